The van der Waals surface area contributed by atoms with E-state index < -0.39 is 17.7 Å². The van der Waals surface area contributed by atoms with E-state index in [4.69, 9.17) is 9.47 Å². The number of likely N-dealkylation sites (tertiary alicyclic amines) is 1. The highest BCUT2D eigenvalue weighted by atomic mass is 16.6. The maximum Gasteiger partial charge on any atom is 0.410 e. The largest absolute Gasteiger partial charge is 0.444 e. The predicted molar refractivity (Wildman–Crippen MR) is 82.5 cm³/mol. The Kier molecular flexibility index (Phi) is 4.70. The van der Waals surface area contributed by atoms with Gasteiger partial charge >= 0.3 is 6.09 Å². The summed E-state index contributed by atoms with van der Waals surface area (Å²) in [5.41, 5.74) is -0.751. The molecule has 22 heavy (non-hydrogen) atoms. The van der Waals surface area contributed by atoms with Gasteiger partial charge < -0.3 is 14.8 Å². The highest BCUT2D eigenvalue weighted by molar-refractivity contribution is 5.87. The minimum absolute atomic E-state index is 0.0835. The first kappa shape index (κ1) is 17.1. The standard InChI is InChI=1S/C16H28N2O4/c1-15(2,3)22-14(20)18-8-6-12(18)13(19)17-11-7-9-21-16(4,5)10-11/h11-12H,6-10H2,1-5H3,(H,17,19)/t11-,12-/m1/s1. The van der Waals surface area contributed by atoms with Crippen molar-refractivity contribution in [3.63, 3.8) is 0 Å². The molecule has 2 aliphatic rings. The number of rotatable bonds is 2. The monoisotopic (exact) mass is 312 g/mol. The van der Waals surface area contributed by atoms with Gasteiger partial charge in [-0.1, -0.05) is 0 Å². The zero-order valence-electron chi connectivity index (χ0n) is 14.3. The molecule has 6 heteroatoms. The van der Waals surface area contributed by atoms with E-state index in [1.807, 2.05) is 34.6 Å². The minimum Gasteiger partial charge on any atom is -0.444 e. The van der Waals surface area contributed by atoms with Crippen molar-refractivity contribution in [2.24, 2.45) is 0 Å². The van der Waals surface area contributed by atoms with Gasteiger partial charge in [-0.15, -0.1) is 0 Å². The molecule has 2 amide bonds. The third kappa shape index (κ3) is 4.35. The molecule has 126 valence electrons. The van der Waals surface area contributed by atoms with Gasteiger partial charge in [0.15, 0.2) is 0 Å². The van der Waals surface area contributed by atoms with Crippen LogP contribution in [0.5, 0.6) is 0 Å². The molecule has 0 bridgehead atoms. The molecule has 2 rings (SSSR count). The fraction of sp³-hybridized carbons (Fsp3) is 0.875. The van der Waals surface area contributed by atoms with Crippen LogP contribution in [-0.2, 0) is 14.3 Å². The Balaban J connectivity index is 1.86. The normalized spacial score (nSPS) is 27.8. The van der Waals surface area contributed by atoms with Crippen molar-refractivity contribution in [1.82, 2.24) is 10.2 Å². The second kappa shape index (κ2) is 6.07. The van der Waals surface area contributed by atoms with Gasteiger partial charge in [0, 0.05) is 19.2 Å². The van der Waals surface area contributed by atoms with E-state index in [0.29, 0.717) is 19.6 Å². The fourth-order valence-corrected chi connectivity index (χ4v) is 2.85. The highest BCUT2D eigenvalue weighted by Crippen LogP contribution is 2.25. The second-order valence-corrected chi connectivity index (χ2v) is 7.78. The van der Waals surface area contributed by atoms with Gasteiger partial charge in [-0.3, -0.25) is 9.69 Å². The Hall–Kier alpha value is -1.30. The first-order valence-electron chi connectivity index (χ1n) is 8.01. The van der Waals surface area contributed by atoms with Crippen LogP contribution in [0.4, 0.5) is 4.79 Å². The molecule has 0 radical (unpaired) electrons. The van der Waals surface area contributed by atoms with E-state index in [2.05, 4.69) is 5.32 Å². The van der Waals surface area contributed by atoms with E-state index in [9.17, 15) is 9.59 Å². The minimum atomic E-state index is -0.543. The number of nitrogens with one attached hydrogen (secondary N) is 1. The smallest absolute Gasteiger partial charge is 0.410 e. The van der Waals surface area contributed by atoms with E-state index in [-0.39, 0.29) is 17.6 Å². The molecule has 0 aromatic carbocycles. The van der Waals surface area contributed by atoms with Gasteiger partial charge in [-0.2, -0.15) is 0 Å². The van der Waals surface area contributed by atoms with Crippen LogP contribution >= 0.6 is 0 Å². The number of amides is 2. The fourth-order valence-electron chi connectivity index (χ4n) is 2.85. The topological polar surface area (TPSA) is 67.9 Å². The van der Waals surface area contributed by atoms with Gasteiger partial charge in [0.05, 0.1) is 5.60 Å². The van der Waals surface area contributed by atoms with Crippen molar-refractivity contribution in [2.45, 2.75) is 77.2 Å². The van der Waals surface area contributed by atoms with Crippen molar-refractivity contribution >= 4 is 12.0 Å². The zero-order chi connectivity index (χ0) is 16.5. The van der Waals surface area contributed by atoms with Gasteiger partial charge in [0.25, 0.3) is 0 Å². The quantitative estimate of drug-likeness (QED) is 0.847. The molecule has 2 fully saturated rings. The summed E-state index contributed by atoms with van der Waals surface area (Å²) in [6.45, 7) is 10.8. The summed E-state index contributed by atoms with van der Waals surface area (Å²) in [6, 6.07) is -0.293. The molecule has 2 heterocycles. The van der Waals surface area contributed by atoms with Crippen LogP contribution in [-0.4, -0.2) is 53.3 Å². The van der Waals surface area contributed by atoms with Crippen LogP contribution in [0.1, 0.15) is 53.9 Å². The molecular formula is C16H28N2O4. The van der Waals surface area contributed by atoms with Gasteiger partial charge in [-0.25, -0.2) is 4.79 Å². The van der Waals surface area contributed by atoms with Crippen LogP contribution in [0.25, 0.3) is 0 Å². The molecule has 0 saturated carbocycles. The summed E-state index contributed by atoms with van der Waals surface area (Å²) >= 11 is 0. The summed E-state index contributed by atoms with van der Waals surface area (Å²) in [6.07, 6.45) is 1.88. The molecule has 2 atom stereocenters. The Labute approximate surface area is 132 Å². The number of carbonyl (C=O) groups excluding carboxylic acids is 2. The number of carbonyl (C=O) groups is 2. The van der Waals surface area contributed by atoms with Crippen LogP contribution in [0.2, 0.25) is 0 Å². The van der Waals surface area contributed by atoms with Crippen LogP contribution in [0.3, 0.4) is 0 Å². The maximum absolute atomic E-state index is 12.4. The van der Waals surface area contributed by atoms with Gasteiger partial charge in [0.2, 0.25) is 5.91 Å². The van der Waals surface area contributed by atoms with Crippen LogP contribution in [0.15, 0.2) is 0 Å². The van der Waals surface area contributed by atoms with Crippen molar-refractivity contribution in [3.05, 3.63) is 0 Å². The summed E-state index contributed by atoms with van der Waals surface area (Å²) in [5.74, 6) is -0.0835. The first-order valence-corrected chi connectivity index (χ1v) is 8.01. The third-order valence-corrected chi connectivity index (χ3v) is 3.99. The lowest BCUT2D eigenvalue weighted by atomic mass is 9.93. The molecule has 0 spiro atoms. The first-order chi connectivity index (χ1) is 10.1. The van der Waals surface area contributed by atoms with E-state index in [0.717, 1.165) is 12.8 Å². The van der Waals surface area contributed by atoms with Gasteiger partial charge in [-0.05, 0) is 53.9 Å². The molecule has 0 aromatic rings. The molecule has 1 N–H and O–H groups in total. The van der Waals surface area contributed by atoms with E-state index in [1.165, 1.54) is 4.90 Å². The van der Waals surface area contributed by atoms with Crippen molar-refractivity contribution in [1.29, 1.82) is 0 Å². The summed E-state index contributed by atoms with van der Waals surface area (Å²) in [7, 11) is 0. The SMILES string of the molecule is CC(C)(C)OC(=O)N1CC[C@@H]1C(=O)N[C@@H]1CCOC(C)(C)C1. The zero-order valence-corrected chi connectivity index (χ0v) is 14.3. The Morgan fingerprint density at radius 1 is 1.27 bits per heavy atom. The summed E-state index contributed by atoms with van der Waals surface area (Å²) < 4.78 is 11.0. The predicted octanol–water partition coefficient (Wildman–Crippen LogP) is 2.07. The van der Waals surface area contributed by atoms with Crippen molar-refractivity contribution < 1.29 is 19.1 Å². The maximum atomic E-state index is 12.4. The van der Waals surface area contributed by atoms with Crippen molar-refractivity contribution in [2.75, 3.05) is 13.2 Å². The third-order valence-electron chi connectivity index (χ3n) is 3.99. The van der Waals surface area contributed by atoms with E-state index >= 15 is 0 Å². The molecule has 2 aliphatic heterocycles. The van der Waals surface area contributed by atoms with Crippen LogP contribution < -0.4 is 5.32 Å². The van der Waals surface area contributed by atoms with Crippen molar-refractivity contribution in [3.8, 4) is 0 Å². The van der Waals surface area contributed by atoms with E-state index in [1.54, 1.807) is 0 Å². The average molecular weight is 312 g/mol. The molecule has 2 saturated heterocycles. The Morgan fingerprint density at radius 2 is 1.95 bits per heavy atom. The molecular weight excluding hydrogens is 284 g/mol. The molecule has 0 aliphatic carbocycles. The molecule has 0 aromatic heterocycles. The summed E-state index contributed by atoms with van der Waals surface area (Å²) in [4.78, 5) is 25.9. The number of nitrogens with zero attached hydrogens (tertiary/aromatic N) is 1. The lowest BCUT2D eigenvalue weighted by molar-refractivity contribution is -0.133. The Morgan fingerprint density at radius 3 is 2.45 bits per heavy atom. The Bertz CT molecular complexity index is 442. The van der Waals surface area contributed by atoms with Gasteiger partial charge in [0.1, 0.15) is 11.6 Å². The number of hydrogen-bond acceptors (Lipinski definition) is 4. The molecule has 0 unspecified atom stereocenters. The molecule has 6 nitrogen and oxygen atoms in total. The number of ether oxygens (including phenoxy) is 2. The number of hydrogen-bond donors (Lipinski definition) is 1. The summed E-state index contributed by atoms with van der Waals surface area (Å²) in [5, 5.41) is 3.06. The second-order valence-electron chi connectivity index (χ2n) is 7.78. The lowest BCUT2D eigenvalue weighted by Crippen LogP contribution is -2.61. The average Bonchev–Trinajstić information content (AvgIpc) is 2.22. The van der Waals surface area contributed by atoms with Crippen LogP contribution in [0, 0.1) is 0 Å². The lowest BCUT2D eigenvalue weighted by Gasteiger charge is -2.42. The highest BCUT2D eigenvalue weighted by Gasteiger charge is 2.41.